The minimum Gasteiger partial charge on any atom is -0.493 e. The fourth-order valence-corrected chi connectivity index (χ4v) is 3.15. The van der Waals surface area contributed by atoms with Gasteiger partial charge >= 0.3 is 5.69 Å². The second kappa shape index (κ2) is 9.62. The van der Waals surface area contributed by atoms with E-state index >= 15 is 0 Å². The van der Waals surface area contributed by atoms with Gasteiger partial charge in [-0.25, -0.2) is 9.36 Å². The van der Waals surface area contributed by atoms with Gasteiger partial charge in [0, 0.05) is 13.0 Å². The molecule has 0 bridgehead atoms. The monoisotopic (exact) mass is 403 g/mol. The minimum atomic E-state index is -0.322. The summed E-state index contributed by atoms with van der Waals surface area (Å²) in [5.41, 5.74) is 5.89. The highest BCUT2D eigenvalue weighted by Crippen LogP contribution is 2.24. The van der Waals surface area contributed by atoms with Crippen LogP contribution >= 0.6 is 0 Å². The van der Waals surface area contributed by atoms with E-state index in [0.29, 0.717) is 36.7 Å². The van der Waals surface area contributed by atoms with Crippen LogP contribution in [-0.4, -0.2) is 20.8 Å². The summed E-state index contributed by atoms with van der Waals surface area (Å²) in [7, 11) is 0. The number of benzene rings is 2. The molecule has 3 rings (SSSR count). The first-order chi connectivity index (χ1) is 14.6. The SMILES string of the molecule is C=CCONC(=C)c1ccc(-n2c(O)c(Cc3ccccc3)n(CC=C)c2=O)cc1. The molecule has 0 aliphatic rings. The highest BCUT2D eigenvalue weighted by Gasteiger charge is 2.20. The number of nitrogens with one attached hydrogen (secondary N) is 1. The van der Waals surface area contributed by atoms with Crippen LogP contribution in [0.15, 0.2) is 91.3 Å². The molecule has 0 saturated heterocycles. The van der Waals surface area contributed by atoms with E-state index in [1.807, 2.05) is 30.3 Å². The maximum absolute atomic E-state index is 13.0. The summed E-state index contributed by atoms with van der Waals surface area (Å²) < 4.78 is 2.84. The number of hydrogen-bond acceptors (Lipinski definition) is 4. The van der Waals surface area contributed by atoms with Gasteiger partial charge in [-0.3, -0.25) is 14.9 Å². The van der Waals surface area contributed by atoms with Crippen LogP contribution in [0.5, 0.6) is 5.88 Å². The Morgan fingerprint density at radius 1 is 1.07 bits per heavy atom. The number of hydroxylamine groups is 1. The molecule has 6 heteroatoms. The molecule has 1 heterocycles. The number of allylic oxidation sites excluding steroid dienone is 1. The lowest BCUT2D eigenvalue weighted by molar-refractivity contribution is 0.104. The molecule has 0 spiro atoms. The van der Waals surface area contributed by atoms with E-state index in [-0.39, 0.29) is 11.6 Å². The molecule has 0 radical (unpaired) electrons. The summed E-state index contributed by atoms with van der Waals surface area (Å²) in [5, 5.41) is 10.9. The molecule has 2 aromatic carbocycles. The molecule has 0 amide bonds. The van der Waals surface area contributed by atoms with Gasteiger partial charge < -0.3 is 5.11 Å². The highest BCUT2D eigenvalue weighted by atomic mass is 16.6. The van der Waals surface area contributed by atoms with Crippen molar-refractivity contribution in [2.45, 2.75) is 13.0 Å². The van der Waals surface area contributed by atoms with Crippen LogP contribution in [0, 0.1) is 0 Å². The van der Waals surface area contributed by atoms with Crippen LogP contribution in [0.3, 0.4) is 0 Å². The third-order valence-corrected chi connectivity index (χ3v) is 4.61. The molecule has 0 atom stereocenters. The quantitative estimate of drug-likeness (QED) is 0.307. The van der Waals surface area contributed by atoms with E-state index in [4.69, 9.17) is 4.84 Å². The summed E-state index contributed by atoms with van der Waals surface area (Å²) in [6, 6.07) is 16.8. The average molecular weight is 403 g/mol. The van der Waals surface area contributed by atoms with Crippen molar-refractivity contribution in [3.05, 3.63) is 114 Å². The summed E-state index contributed by atoms with van der Waals surface area (Å²) in [6.45, 7) is 11.9. The Hall–Kier alpha value is -3.77. The summed E-state index contributed by atoms with van der Waals surface area (Å²) in [4.78, 5) is 18.2. The normalized spacial score (nSPS) is 10.5. The maximum atomic E-state index is 13.0. The lowest BCUT2D eigenvalue weighted by atomic mass is 10.1. The predicted octanol–water partition coefficient (Wildman–Crippen LogP) is 3.80. The largest absolute Gasteiger partial charge is 0.493 e. The number of aromatic hydroxyl groups is 1. The topological polar surface area (TPSA) is 68.4 Å². The highest BCUT2D eigenvalue weighted by molar-refractivity contribution is 5.62. The zero-order valence-electron chi connectivity index (χ0n) is 16.8. The molecule has 0 fully saturated rings. The minimum absolute atomic E-state index is 0.0790. The molecule has 2 N–H and O–H groups in total. The maximum Gasteiger partial charge on any atom is 0.336 e. The van der Waals surface area contributed by atoms with Crippen LogP contribution < -0.4 is 11.2 Å². The van der Waals surface area contributed by atoms with Crippen molar-refractivity contribution in [2.75, 3.05) is 6.61 Å². The lowest BCUT2D eigenvalue weighted by Gasteiger charge is -2.10. The van der Waals surface area contributed by atoms with Gasteiger partial charge in [0.2, 0.25) is 5.88 Å². The second-order valence-electron chi connectivity index (χ2n) is 6.68. The van der Waals surface area contributed by atoms with Gasteiger partial charge in [0.1, 0.15) is 0 Å². The van der Waals surface area contributed by atoms with E-state index < -0.39 is 0 Å². The first-order valence-corrected chi connectivity index (χ1v) is 9.53. The van der Waals surface area contributed by atoms with Crippen molar-refractivity contribution in [3.63, 3.8) is 0 Å². The van der Waals surface area contributed by atoms with Gasteiger partial charge in [0.15, 0.2) is 0 Å². The Kier molecular flexibility index (Phi) is 6.72. The Morgan fingerprint density at radius 3 is 2.40 bits per heavy atom. The zero-order valence-corrected chi connectivity index (χ0v) is 16.8. The van der Waals surface area contributed by atoms with E-state index in [1.165, 1.54) is 9.13 Å². The molecule has 3 aromatic rings. The van der Waals surface area contributed by atoms with Crippen molar-refractivity contribution in [1.29, 1.82) is 0 Å². The van der Waals surface area contributed by atoms with E-state index in [9.17, 15) is 9.90 Å². The van der Waals surface area contributed by atoms with Gasteiger partial charge in [0.25, 0.3) is 0 Å². The first-order valence-electron chi connectivity index (χ1n) is 9.53. The average Bonchev–Trinajstić information content (AvgIpc) is 2.99. The number of aromatic nitrogens is 2. The number of imidazole rings is 1. The van der Waals surface area contributed by atoms with Crippen LogP contribution in [0.4, 0.5) is 0 Å². The Balaban J connectivity index is 1.95. The molecular weight excluding hydrogens is 378 g/mol. The zero-order chi connectivity index (χ0) is 21.5. The molecule has 0 aliphatic carbocycles. The summed E-state index contributed by atoms with van der Waals surface area (Å²) >= 11 is 0. The van der Waals surface area contributed by atoms with Crippen molar-refractivity contribution >= 4 is 5.70 Å². The predicted molar refractivity (Wildman–Crippen MR) is 119 cm³/mol. The fourth-order valence-electron chi connectivity index (χ4n) is 3.15. The van der Waals surface area contributed by atoms with Crippen molar-refractivity contribution in [1.82, 2.24) is 14.6 Å². The molecule has 0 unspecified atom stereocenters. The molecule has 154 valence electrons. The molecular formula is C24H25N3O3. The van der Waals surface area contributed by atoms with Crippen LogP contribution in [0.2, 0.25) is 0 Å². The third kappa shape index (κ3) is 4.45. The van der Waals surface area contributed by atoms with E-state index in [1.54, 1.807) is 36.4 Å². The molecule has 0 saturated carbocycles. The van der Waals surface area contributed by atoms with Crippen molar-refractivity contribution in [3.8, 4) is 11.6 Å². The van der Waals surface area contributed by atoms with Gasteiger partial charge in [0.05, 0.1) is 23.7 Å². The van der Waals surface area contributed by atoms with Gasteiger partial charge in [-0.2, -0.15) is 0 Å². The smallest absolute Gasteiger partial charge is 0.336 e. The van der Waals surface area contributed by atoms with Gasteiger partial charge in [-0.1, -0.05) is 61.2 Å². The number of hydrogen-bond donors (Lipinski definition) is 2. The Labute approximate surface area is 175 Å². The number of rotatable bonds is 10. The fraction of sp³-hybridized carbons (Fsp3) is 0.125. The molecule has 1 aromatic heterocycles. The first kappa shape index (κ1) is 21.0. The van der Waals surface area contributed by atoms with Gasteiger partial charge in [-0.15, -0.1) is 13.2 Å². The Bertz CT molecular complexity index is 1090. The second-order valence-corrected chi connectivity index (χ2v) is 6.68. The van der Waals surface area contributed by atoms with Crippen LogP contribution in [0.25, 0.3) is 11.4 Å². The summed E-state index contributed by atoms with van der Waals surface area (Å²) in [5.74, 6) is -0.0790. The summed E-state index contributed by atoms with van der Waals surface area (Å²) in [6.07, 6.45) is 3.70. The van der Waals surface area contributed by atoms with Crippen LogP contribution in [0.1, 0.15) is 16.8 Å². The molecule has 0 aliphatic heterocycles. The standard InChI is InChI=1S/C24H25N3O3/c1-4-15-26-22(17-19-9-7-6-8-10-19)23(28)27(24(26)29)21-13-11-20(12-14-21)18(3)25-30-16-5-2/h4-14,25,28H,1-3,15-17H2. The Morgan fingerprint density at radius 2 is 1.77 bits per heavy atom. The van der Waals surface area contributed by atoms with Crippen molar-refractivity contribution in [2.24, 2.45) is 0 Å². The van der Waals surface area contributed by atoms with E-state index in [2.05, 4.69) is 25.2 Å². The lowest BCUT2D eigenvalue weighted by Crippen LogP contribution is -2.23. The molecule has 6 nitrogen and oxygen atoms in total. The third-order valence-electron chi connectivity index (χ3n) is 4.61. The van der Waals surface area contributed by atoms with Crippen LogP contribution in [-0.2, 0) is 17.8 Å². The van der Waals surface area contributed by atoms with E-state index in [0.717, 1.165) is 11.1 Å². The van der Waals surface area contributed by atoms with Crippen molar-refractivity contribution < 1.29 is 9.94 Å². The number of nitrogens with zero attached hydrogens (tertiary/aromatic N) is 2. The van der Waals surface area contributed by atoms with Gasteiger partial charge in [-0.05, 0) is 23.3 Å². The molecule has 30 heavy (non-hydrogen) atoms.